The van der Waals surface area contributed by atoms with Gasteiger partial charge in [-0.2, -0.15) is 0 Å². The van der Waals surface area contributed by atoms with Crippen LogP contribution in [-0.2, 0) is 9.59 Å². The first-order valence-corrected chi connectivity index (χ1v) is 9.41. The van der Waals surface area contributed by atoms with Crippen LogP contribution in [0.3, 0.4) is 0 Å². The molecule has 0 bridgehead atoms. The van der Waals surface area contributed by atoms with E-state index < -0.39 is 6.36 Å². The summed E-state index contributed by atoms with van der Waals surface area (Å²) in [6.07, 6.45) is -4.77. The van der Waals surface area contributed by atoms with Gasteiger partial charge in [-0.3, -0.25) is 9.59 Å². The number of amides is 2. The molecular weight excluding hydrogens is 399 g/mol. The molecule has 0 saturated carbocycles. The third-order valence-electron chi connectivity index (χ3n) is 4.27. The molecule has 2 atom stereocenters. The van der Waals surface area contributed by atoms with Crippen molar-refractivity contribution in [3.05, 3.63) is 60.2 Å². The van der Waals surface area contributed by atoms with E-state index in [1.807, 2.05) is 37.3 Å². The van der Waals surface area contributed by atoms with E-state index in [9.17, 15) is 22.8 Å². The SMILES string of the molecule is C[C@@H](CNC(=O)C[NH+](C)CC(=O)Nc1ccc(OC(F)(F)F)cc1)c1ccccc1. The predicted molar refractivity (Wildman–Crippen MR) is 106 cm³/mol. The molecule has 162 valence electrons. The van der Waals surface area contributed by atoms with Crippen LogP contribution in [-0.4, -0.2) is 44.9 Å². The highest BCUT2D eigenvalue weighted by Gasteiger charge is 2.31. The molecule has 0 aliphatic heterocycles. The van der Waals surface area contributed by atoms with Gasteiger partial charge in [0, 0.05) is 12.2 Å². The van der Waals surface area contributed by atoms with Gasteiger partial charge in [-0.05, 0) is 35.7 Å². The number of rotatable bonds is 9. The largest absolute Gasteiger partial charge is 0.573 e. The van der Waals surface area contributed by atoms with Crippen molar-refractivity contribution in [3.8, 4) is 5.75 Å². The van der Waals surface area contributed by atoms with E-state index in [0.717, 1.165) is 17.7 Å². The van der Waals surface area contributed by atoms with Gasteiger partial charge in [-0.1, -0.05) is 37.3 Å². The summed E-state index contributed by atoms with van der Waals surface area (Å²) in [5.74, 6) is -0.730. The summed E-state index contributed by atoms with van der Waals surface area (Å²) in [7, 11) is 1.71. The number of halogens is 3. The Kier molecular flexibility index (Phi) is 8.23. The summed E-state index contributed by atoms with van der Waals surface area (Å²) in [5, 5.41) is 5.44. The number of likely N-dealkylation sites (N-methyl/N-ethyl adjacent to an activating group) is 1. The maximum Gasteiger partial charge on any atom is 0.573 e. The molecule has 6 nitrogen and oxygen atoms in total. The van der Waals surface area contributed by atoms with E-state index in [1.165, 1.54) is 12.1 Å². The summed E-state index contributed by atoms with van der Waals surface area (Å²) in [6.45, 7) is 2.66. The smallest absolute Gasteiger partial charge is 0.406 e. The fraction of sp³-hybridized carbons (Fsp3) is 0.333. The van der Waals surface area contributed by atoms with E-state index >= 15 is 0 Å². The zero-order valence-electron chi connectivity index (χ0n) is 16.8. The molecule has 0 fully saturated rings. The Morgan fingerprint density at radius 2 is 1.60 bits per heavy atom. The number of ether oxygens (including phenoxy) is 1. The van der Waals surface area contributed by atoms with Crippen molar-refractivity contribution in [2.45, 2.75) is 19.2 Å². The van der Waals surface area contributed by atoms with Crippen LogP contribution in [0.1, 0.15) is 18.4 Å². The maximum absolute atomic E-state index is 12.2. The molecule has 1 unspecified atom stereocenters. The minimum atomic E-state index is -4.77. The van der Waals surface area contributed by atoms with E-state index in [0.29, 0.717) is 17.1 Å². The molecule has 2 aromatic rings. The molecule has 0 aromatic heterocycles. The van der Waals surface area contributed by atoms with Crippen molar-refractivity contribution in [1.82, 2.24) is 5.32 Å². The first-order chi connectivity index (χ1) is 14.1. The van der Waals surface area contributed by atoms with Gasteiger partial charge in [0.1, 0.15) is 5.75 Å². The molecule has 30 heavy (non-hydrogen) atoms. The van der Waals surface area contributed by atoms with Gasteiger partial charge < -0.3 is 20.3 Å². The molecule has 9 heteroatoms. The highest BCUT2D eigenvalue weighted by Crippen LogP contribution is 2.23. The lowest BCUT2D eigenvalue weighted by Gasteiger charge is -2.16. The molecule has 3 N–H and O–H groups in total. The Bertz CT molecular complexity index is 827. The number of nitrogens with one attached hydrogen (secondary N) is 3. The first-order valence-electron chi connectivity index (χ1n) is 9.41. The Balaban J connectivity index is 1.72. The molecule has 2 rings (SSSR count). The number of anilines is 1. The first kappa shape index (κ1) is 23.2. The van der Waals surface area contributed by atoms with Crippen LogP contribution in [0.5, 0.6) is 5.75 Å². The van der Waals surface area contributed by atoms with Gasteiger partial charge in [0.15, 0.2) is 13.1 Å². The van der Waals surface area contributed by atoms with E-state index in [2.05, 4.69) is 15.4 Å². The standard InChI is InChI=1S/C21H24F3N3O3/c1-15(16-6-4-3-5-7-16)12-25-19(28)13-27(2)14-20(29)26-17-8-10-18(11-9-17)30-21(22,23)24/h3-11,15H,12-14H2,1-2H3,(H,25,28)(H,26,29)/p+1/t15-/m0/s1. The topological polar surface area (TPSA) is 71.9 Å². The van der Waals surface area contributed by atoms with Crippen molar-refractivity contribution in [2.75, 3.05) is 32.0 Å². The lowest BCUT2D eigenvalue weighted by molar-refractivity contribution is -0.862. The lowest BCUT2D eigenvalue weighted by Crippen LogP contribution is -3.11. The van der Waals surface area contributed by atoms with Crippen molar-refractivity contribution < 1.29 is 32.4 Å². The fourth-order valence-electron chi connectivity index (χ4n) is 2.78. The van der Waals surface area contributed by atoms with Gasteiger partial charge in [-0.15, -0.1) is 13.2 Å². The number of quaternary nitrogens is 1. The van der Waals surface area contributed by atoms with E-state index in [-0.39, 0.29) is 36.6 Å². The third kappa shape index (κ3) is 8.52. The van der Waals surface area contributed by atoms with Crippen LogP contribution in [0.25, 0.3) is 0 Å². The number of hydrogen-bond acceptors (Lipinski definition) is 3. The van der Waals surface area contributed by atoms with E-state index in [4.69, 9.17) is 0 Å². The lowest BCUT2D eigenvalue weighted by atomic mass is 10.0. The zero-order valence-corrected chi connectivity index (χ0v) is 16.8. The monoisotopic (exact) mass is 424 g/mol. The van der Waals surface area contributed by atoms with Crippen molar-refractivity contribution in [2.24, 2.45) is 0 Å². The molecule has 0 radical (unpaired) electrons. The molecule has 2 amide bonds. The van der Waals surface area contributed by atoms with Gasteiger partial charge in [0.05, 0.1) is 7.05 Å². The average molecular weight is 424 g/mol. The van der Waals surface area contributed by atoms with Crippen LogP contribution in [0.2, 0.25) is 0 Å². The molecule has 2 aromatic carbocycles. The fourth-order valence-corrected chi connectivity index (χ4v) is 2.78. The number of benzene rings is 2. The minimum absolute atomic E-state index is 0.0302. The van der Waals surface area contributed by atoms with Crippen molar-refractivity contribution in [3.63, 3.8) is 0 Å². The van der Waals surface area contributed by atoms with Crippen LogP contribution < -0.4 is 20.3 Å². The van der Waals surface area contributed by atoms with Gasteiger partial charge in [-0.25, -0.2) is 0 Å². The summed E-state index contributed by atoms with van der Waals surface area (Å²) in [6, 6.07) is 14.7. The second kappa shape index (κ2) is 10.6. The molecule has 0 aliphatic rings. The summed E-state index contributed by atoms with van der Waals surface area (Å²) in [4.78, 5) is 24.9. The number of alkyl halides is 3. The van der Waals surface area contributed by atoms with E-state index in [1.54, 1.807) is 7.05 Å². The Morgan fingerprint density at radius 1 is 1.00 bits per heavy atom. The second-order valence-electron chi connectivity index (χ2n) is 7.05. The summed E-state index contributed by atoms with van der Waals surface area (Å²) >= 11 is 0. The quantitative estimate of drug-likeness (QED) is 0.576. The molecule has 0 aliphatic carbocycles. The Labute approximate surface area is 173 Å². The van der Waals surface area contributed by atoms with Crippen molar-refractivity contribution >= 4 is 17.5 Å². The molecule has 0 saturated heterocycles. The minimum Gasteiger partial charge on any atom is -0.406 e. The Hall–Kier alpha value is -3.07. The van der Waals surface area contributed by atoms with Gasteiger partial charge >= 0.3 is 6.36 Å². The van der Waals surface area contributed by atoms with Gasteiger partial charge in [0.25, 0.3) is 11.8 Å². The van der Waals surface area contributed by atoms with Gasteiger partial charge in [0.2, 0.25) is 0 Å². The average Bonchev–Trinajstić information content (AvgIpc) is 2.67. The predicted octanol–water partition coefficient (Wildman–Crippen LogP) is 1.96. The summed E-state index contributed by atoms with van der Waals surface area (Å²) < 4.78 is 40.2. The second-order valence-corrected chi connectivity index (χ2v) is 7.05. The van der Waals surface area contributed by atoms with Crippen molar-refractivity contribution in [1.29, 1.82) is 0 Å². The highest BCUT2D eigenvalue weighted by molar-refractivity contribution is 5.91. The maximum atomic E-state index is 12.2. The molecular formula is C21H25F3N3O3+. The normalized spacial score (nSPS) is 13.2. The highest BCUT2D eigenvalue weighted by atomic mass is 19.4. The summed E-state index contributed by atoms with van der Waals surface area (Å²) in [5.41, 5.74) is 1.47. The number of carbonyl (C=O) groups is 2. The molecule has 0 spiro atoms. The number of carbonyl (C=O) groups excluding carboxylic acids is 2. The van der Waals surface area contributed by atoms with Crippen LogP contribution in [0.4, 0.5) is 18.9 Å². The Morgan fingerprint density at radius 3 is 2.20 bits per heavy atom. The third-order valence-corrected chi connectivity index (χ3v) is 4.27. The van der Waals surface area contributed by atoms with Crippen LogP contribution in [0.15, 0.2) is 54.6 Å². The number of hydrogen-bond donors (Lipinski definition) is 3. The van der Waals surface area contributed by atoms with Crippen LogP contribution >= 0.6 is 0 Å². The zero-order chi connectivity index (χ0) is 22.1. The molecule has 0 heterocycles. The van der Waals surface area contributed by atoms with Crippen LogP contribution in [0, 0.1) is 0 Å².